The monoisotopic (exact) mass is 515 g/mol. The zero-order valence-electron chi connectivity index (χ0n) is 21.9. The van der Waals surface area contributed by atoms with E-state index in [1.807, 2.05) is 43.3 Å². The Hall–Kier alpha value is -4.33. The molecule has 0 aliphatic rings. The molecule has 0 bridgehead atoms. The Morgan fingerprint density at radius 2 is 1.45 bits per heavy atom. The van der Waals surface area contributed by atoms with Gasteiger partial charge >= 0.3 is 11.7 Å². The van der Waals surface area contributed by atoms with E-state index in [1.54, 1.807) is 41.0 Å². The fourth-order valence-electron chi connectivity index (χ4n) is 4.10. The molecule has 0 saturated carbocycles. The Labute approximate surface area is 221 Å². The summed E-state index contributed by atoms with van der Waals surface area (Å²) in [6.45, 7) is 5.81. The third-order valence-corrected chi connectivity index (χ3v) is 6.41. The van der Waals surface area contributed by atoms with Gasteiger partial charge in [0.1, 0.15) is 17.3 Å². The van der Waals surface area contributed by atoms with Gasteiger partial charge in [-0.2, -0.15) is 5.10 Å². The van der Waals surface area contributed by atoms with Crippen molar-refractivity contribution in [2.24, 2.45) is 0 Å². The molecule has 2 N–H and O–H groups in total. The summed E-state index contributed by atoms with van der Waals surface area (Å²) in [7, 11) is 0. The van der Waals surface area contributed by atoms with Gasteiger partial charge in [-0.25, -0.2) is 14.3 Å². The van der Waals surface area contributed by atoms with Gasteiger partial charge in [0.15, 0.2) is 5.60 Å². The molecule has 3 aromatic carbocycles. The summed E-state index contributed by atoms with van der Waals surface area (Å²) in [6.07, 6.45) is 2.15. The maximum absolute atomic E-state index is 13.3. The van der Waals surface area contributed by atoms with Crippen LogP contribution in [0.1, 0.15) is 48.3 Å². The summed E-state index contributed by atoms with van der Waals surface area (Å²) in [5.41, 5.74) is 2.67. The lowest BCUT2D eigenvalue weighted by Crippen LogP contribution is -2.37. The first-order valence-corrected chi connectivity index (χ1v) is 12.6. The molecular weight excluding hydrogens is 482 g/mol. The van der Waals surface area contributed by atoms with E-state index in [0.717, 1.165) is 35.1 Å². The molecule has 1 heterocycles. The number of ether oxygens (including phenoxy) is 1. The number of carboxylic acid groups (broad SMARTS) is 1. The molecule has 0 aliphatic carbocycles. The number of rotatable bonds is 11. The van der Waals surface area contributed by atoms with Crippen LogP contribution in [0.15, 0.2) is 77.6 Å². The van der Waals surface area contributed by atoms with Crippen LogP contribution in [0.25, 0.3) is 0 Å². The third kappa shape index (κ3) is 6.70. The number of benzene rings is 3. The normalized spacial score (nSPS) is 11.4. The Kier molecular flexibility index (Phi) is 8.00. The van der Waals surface area contributed by atoms with E-state index >= 15 is 0 Å². The van der Waals surface area contributed by atoms with Gasteiger partial charge in [-0.3, -0.25) is 4.57 Å². The van der Waals surface area contributed by atoms with Crippen LogP contribution in [0.3, 0.4) is 0 Å². The summed E-state index contributed by atoms with van der Waals surface area (Å²) >= 11 is 0. The zero-order chi connectivity index (χ0) is 27.3. The average Bonchev–Trinajstić information content (AvgIpc) is 3.16. The molecule has 198 valence electrons. The van der Waals surface area contributed by atoms with Gasteiger partial charge in [-0.05, 0) is 74.6 Å². The molecule has 38 heavy (non-hydrogen) atoms. The van der Waals surface area contributed by atoms with Crippen molar-refractivity contribution in [1.82, 2.24) is 14.3 Å². The molecule has 8 nitrogen and oxygen atoms in total. The first-order valence-electron chi connectivity index (χ1n) is 12.6. The molecule has 8 heteroatoms. The number of hydrogen-bond donors (Lipinski definition) is 2. The van der Waals surface area contributed by atoms with Crippen molar-refractivity contribution in [3.05, 3.63) is 111 Å². The minimum absolute atomic E-state index is 0.170. The van der Waals surface area contributed by atoms with E-state index in [1.165, 1.54) is 18.5 Å². The van der Waals surface area contributed by atoms with Crippen LogP contribution in [0.5, 0.6) is 11.5 Å². The zero-order valence-corrected chi connectivity index (χ0v) is 21.9. The second kappa shape index (κ2) is 11.4. The summed E-state index contributed by atoms with van der Waals surface area (Å²) in [6, 6.07) is 22.3. The predicted molar refractivity (Wildman–Crippen MR) is 145 cm³/mol. The number of carbonyl (C=O) groups is 1. The van der Waals surface area contributed by atoms with Crippen LogP contribution < -0.4 is 10.4 Å². The number of phenolic OH excluding ortho intramolecular Hbond substituents is 1. The molecule has 0 fully saturated rings. The molecule has 0 atom stereocenters. The highest BCUT2D eigenvalue weighted by Gasteiger charge is 2.29. The van der Waals surface area contributed by atoms with E-state index in [4.69, 9.17) is 4.74 Å². The van der Waals surface area contributed by atoms with E-state index in [-0.39, 0.29) is 11.4 Å². The van der Waals surface area contributed by atoms with Gasteiger partial charge in [0, 0.05) is 6.42 Å². The fraction of sp³-hybridized carbons (Fsp3) is 0.300. The molecule has 1 aromatic heterocycles. The SMILES string of the molecule is Cc1ccc(Cn2nc(CCCc3ccc(OC(C)(C)C(=O)O)cc3)n(Cc3ccc(O)cc3)c2=O)cc1. The number of aromatic nitrogens is 3. The number of aryl methyl sites for hydroxylation is 3. The van der Waals surface area contributed by atoms with Crippen molar-refractivity contribution >= 4 is 5.97 Å². The van der Waals surface area contributed by atoms with Crippen molar-refractivity contribution in [2.45, 2.75) is 58.7 Å². The molecule has 4 rings (SSSR count). The molecule has 0 radical (unpaired) electrons. The maximum atomic E-state index is 13.3. The number of aliphatic carboxylic acids is 1. The smallest absolute Gasteiger partial charge is 0.347 e. The minimum atomic E-state index is -1.31. The van der Waals surface area contributed by atoms with Crippen LogP contribution in [-0.4, -0.2) is 36.1 Å². The van der Waals surface area contributed by atoms with Gasteiger partial charge in [0.2, 0.25) is 0 Å². The third-order valence-electron chi connectivity index (χ3n) is 6.41. The topological polar surface area (TPSA) is 107 Å². The van der Waals surface area contributed by atoms with Crippen molar-refractivity contribution in [1.29, 1.82) is 0 Å². The van der Waals surface area contributed by atoms with Crippen LogP contribution in [0.4, 0.5) is 0 Å². The number of carboxylic acids is 1. The Bertz CT molecular complexity index is 1430. The highest BCUT2D eigenvalue weighted by atomic mass is 16.5. The fourth-order valence-corrected chi connectivity index (χ4v) is 4.10. The molecule has 0 amide bonds. The number of nitrogens with zero attached hydrogens (tertiary/aromatic N) is 3. The summed E-state index contributed by atoms with van der Waals surface area (Å²) < 4.78 is 8.79. The molecule has 0 saturated heterocycles. The van der Waals surface area contributed by atoms with Crippen LogP contribution in [0, 0.1) is 6.92 Å². The van der Waals surface area contributed by atoms with Gasteiger partial charge in [0.25, 0.3) is 0 Å². The van der Waals surface area contributed by atoms with Crippen LogP contribution in [0.2, 0.25) is 0 Å². The van der Waals surface area contributed by atoms with Gasteiger partial charge < -0.3 is 14.9 Å². The molecule has 0 spiro atoms. The first-order chi connectivity index (χ1) is 18.1. The number of phenols is 1. The minimum Gasteiger partial charge on any atom is -0.508 e. The lowest BCUT2D eigenvalue weighted by atomic mass is 10.1. The number of aromatic hydroxyl groups is 1. The van der Waals surface area contributed by atoms with Crippen LogP contribution >= 0.6 is 0 Å². The summed E-state index contributed by atoms with van der Waals surface area (Å²) in [5, 5.41) is 23.6. The highest BCUT2D eigenvalue weighted by molar-refractivity contribution is 5.76. The second-order valence-electron chi connectivity index (χ2n) is 10.0. The highest BCUT2D eigenvalue weighted by Crippen LogP contribution is 2.20. The van der Waals surface area contributed by atoms with Crippen molar-refractivity contribution in [2.75, 3.05) is 0 Å². The summed E-state index contributed by atoms with van der Waals surface area (Å²) in [5.74, 6) is 0.359. The predicted octanol–water partition coefficient (Wildman–Crippen LogP) is 4.57. The molecular formula is C30H33N3O5. The van der Waals surface area contributed by atoms with E-state index in [0.29, 0.717) is 31.1 Å². The average molecular weight is 516 g/mol. The second-order valence-corrected chi connectivity index (χ2v) is 10.0. The molecule has 0 unspecified atom stereocenters. The quantitative estimate of drug-likeness (QED) is 0.303. The Balaban J connectivity index is 1.48. The maximum Gasteiger partial charge on any atom is 0.347 e. The largest absolute Gasteiger partial charge is 0.508 e. The van der Waals surface area contributed by atoms with Crippen molar-refractivity contribution in [3.63, 3.8) is 0 Å². The first kappa shape index (κ1) is 26.7. The molecule has 0 aliphatic heterocycles. The van der Waals surface area contributed by atoms with Crippen molar-refractivity contribution < 1.29 is 19.7 Å². The van der Waals surface area contributed by atoms with Gasteiger partial charge in [0.05, 0.1) is 13.1 Å². The molecule has 4 aromatic rings. The van der Waals surface area contributed by atoms with E-state index < -0.39 is 11.6 Å². The Morgan fingerprint density at radius 3 is 2.08 bits per heavy atom. The summed E-state index contributed by atoms with van der Waals surface area (Å²) in [4.78, 5) is 24.6. The van der Waals surface area contributed by atoms with Crippen molar-refractivity contribution in [3.8, 4) is 11.5 Å². The van der Waals surface area contributed by atoms with E-state index in [9.17, 15) is 19.8 Å². The lowest BCUT2D eigenvalue weighted by molar-refractivity contribution is -0.152. The van der Waals surface area contributed by atoms with Gasteiger partial charge in [-0.1, -0.05) is 54.1 Å². The lowest BCUT2D eigenvalue weighted by Gasteiger charge is -2.21. The standard InChI is InChI=1S/C30H33N3O5/c1-21-7-9-24(10-8-21)20-33-29(37)32(19-23-11-15-25(34)16-12-23)27(31-33)6-4-5-22-13-17-26(18-14-22)38-30(2,3)28(35)36/h7-18,34H,4-6,19-20H2,1-3H3,(H,35,36). The van der Waals surface area contributed by atoms with E-state index in [2.05, 4.69) is 5.10 Å². The number of hydrogen-bond acceptors (Lipinski definition) is 5. The van der Waals surface area contributed by atoms with Crippen LogP contribution in [-0.2, 0) is 30.7 Å². The Morgan fingerprint density at radius 1 is 0.868 bits per heavy atom. The van der Waals surface area contributed by atoms with Gasteiger partial charge in [-0.15, -0.1) is 0 Å².